The normalized spacial score (nSPS) is 10.3. The number of hydrogen-bond donors (Lipinski definition) is 1. The van der Waals surface area contributed by atoms with Crippen LogP contribution in [0.15, 0.2) is 27.6 Å². The van der Waals surface area contributed by atoms with Gasteiger partial charge in [0.25, 0.3) is 5.56 Å². The maximum atomic E-state index is 12.4. The predicted molar refractivity (Wildman–Crippen MR) is 74.3 cm³/mol. The van der Waals surface area contributed by atoms with E-state index in [1.54, 1.807) is 12.1 Å². The van der Waals surface area contributed by atoms with E-state index in [2.05, 4.69) is 0 Å². The van der Waals surface area contributed by atoms with Crippen LogP contribution in [0.5, 0.6) is 5.88 Å². The Kier molecular flexibility index (Phi) is 3.94. The van der Waals surface area contributed by atoms with Gasteiger partial charge in [0, 0.05) is 6.54 Å². The zero-order valence-corrected chi connectivity index (χ0v) is 11.7. The number of pyridine rings is 1. The molecule has 108 valence electrons. The Morgan fingerprint density at radius 1 is 1.52 bits per heavy atom. The molecule has 6 nitrogen and oxygen atoms in total. The first-order valence-electron chi connectivity index (χ1n) is 6.47. The molecule has 0 amide bonds. The lowest BCUT2D eigenvalue weighted by Gasteiger charge is -2.14. The topological polar surface area (TPSA) is 96.2 Å². The smallest absolute Gasteiger partial charge is 0.271 e. The van der Waals surface area contributed by atoms with Crippen LogP contribution in [0, 0.1) is 18.3 Å². The van der Waals surface area contributed by atoms with Crippen molar-refractivity contribution in [3.63, 3.8) is 0 Å². The molecular weight excluding hydrogens is 272 g/mol. The van der Waals surface area contributed by atoms with Crippen molar-refractivity contribution in [2.75, 3.05) is 0 Å². The summed E-state index contributed by atoms with van der Waals surface area (Å²) in [7, 11) is 0. The SMILES string of the molecule is CCCn1c(O)c(C(=O)c2ccco2)c(C)c(C#N)c1=O. The largest absolute Gasteiger partial charge is 0.494 e. The second kappa shape index (κ2) is 5.67. The fraction of sp³-hybridized carbons (Fsp3) is 0.267. The fourth-order valence-corrected chi connectivity index (χ4v) is 2.18. The van der Waals surface area contributed by atoms with E-state index >= 15 is 0 Å². The van der Waals surface area contributed by atoms with E-state index in [0.29, 0.717) is 6.42 Å². The van der Waals surface area contributed by atoms with Gasteiger partial charge in [0.2, 0.25) is 11.7 Å². The maximum Gasteiger partial charge on any atom is 0.271 e. The molecule has 0 radical (unpaired) electrons. The van der Waals surface area contributed by atoms with Crippen LogP contribution in [0.3, 0.4) is 0 Å². The van der Waals surface area contributed by atoms with Crippen LogP contribution in [0.2, 0.25) is 0 Å². The van der Waals surface area contributed by atoms with Gasteiger partial charge >= 0.3 is 0 Å². The molecule has 0 aliphatic rings. The third-order valence-corrected chi connectivity index (χ3v) is 3.22. The van der Waals surface area contributed by atoms with Gasteiger partial charge in [-0.25, -0.2) is 0 Å². The summed E-state index contributed by atoms with van der Waals surface area (Å²) < 4.78 is 6.08. The van der Waals surface area contributed by atoms with Gasteiger partial charge in [0.15, 0.2) is 5.76 Å². The Labute approximate surface area is 120 Å². The van der Waals surface area contributed by atoms with Crippen molar-refractivity contribution >= 4 is 5.78 Å². The van der Waals surface area contributed by atoms with Crippen molar-refractivity contribution in [3.05, 3.63) is 51.2 Å². The number of aromatic nitrogens is 1. The summed E-state index contributed by atoms with van der Waals surface area (Å²) in [6.07, 6.45) is 1.92. The summed E-state index contributed by atoms with van der Waals surface area (Å²) in [6.45, 7) is 3.51. The quantitative estimate of drug-likeness (QED) is 0.867. The summed E-state index contributed by atoms with van der Waals surface area (Å²) in [4.78, 5) is 24.5. The van der Waals surface area contributed by atoms with E-state index in [-0.39, 0.29) is 29.0 Å². The molecule has 0 aliphatic carbocycles. The van der Waals surface area contributed by atoms with Crippen molar-refractivity contribution in [3.8, 4) is 11.9 Å². The van der Waals surface area contributed by atoms with Gasteiger partial charge in [0.05, 0.1) is 11.8 Å². The first-order valence-corrected chi connectivity index (χ1v) is 6.47. The lowest BCUT2D eigenvalue weighted by atomic mass is 10.0. The number of carbonyl (C=O) groups is 1. The van der Waals surface area contributed by atoms with Crippen molar-refractivity contribution in [1.82, 2.24) is 4.57 Å². The molecule has 0 aromatic carbocycles. The summed E-state index contributed by atoms with van der Waals surface area (Å²) in [5.74, 6) is -0.949. The van der Waals surface area contributed by atoms with Gasteiger partial charge in [-0.2, -0.15) is 5.26 Å². The lowest BCUT2D eigenvalue weighted by Crippen LogP contribution is -2.26. The van der Waals surface area contributed by atoms with E-state index in [1.807, 2.05) is 6.92 Å². The predicted octanol–water partition coefficient (Wildman–Crippen LogP) is 1.97. The van der Waals surface area contributed by atoms with Crippen LogP contribution in [0.4, 0.5) is 0 Å². The monoisotopic (exact) mass is 286 g/mol. The molecule has 0 unspecified atom stereocenters. The van der Waals surface area contributed by atoms with Crippen LogP contribution in [0.1, 0.15) is 40.6 Å². The molecule has 6 heteroatoms. The summed E-state index contributed by atoms with van der Waals surface area (Å²) in [5.41, 5.74) is -0.648. The van der Waals surface area contributed by atoms with Gasteiger partial charge in [-0.05, 0) is 31.0 Å². The zero-order chi connectivity index (χ0) is 15.6. The van der Waals surface area contributed by atoms with Gasteiger partial charge in [-0.1, -0.05) is 6.92 Å². The Morgan fingerprint density at radius 3 is 2.76 bits per heavy atom. The zero-order valence-electron chi connectivity index (χ0n) is 11.7. The molecule has 0 aliphatic heterocycles. The highest BCUT2D eigenvalue weighted by Crippen LogP contribution is 2.25. The van der Waals surface area contributed by atoms with E-state index < -0.39 is 17.2 Å². The number of nitrogens with zero attached hydrogens (tertiary/aromatic N) is 2. The van der Waals surface area contributed by atoms with Crippen molar-refractivity contribution in [1.29, 1.82) is 5.26 Å². The lowest BCUT2D eigenvalue weighted by molar-refractivity contribution is 0.100. The minimum atomic E-state index is -0.592. The van der Waals surface area contributed by atoms with E-state index in [4.69, 9.17) is 9.68 Å². The molecule has 0 bridgehead atoms. The first-order chi connectivity index (χ1) is 10.0. The molecule has 2 rings (SSSR count). The number of aromatic hydroxyl groups is 1. The molecule has 2 aromatic rings. The third kappa shape index (κ3) is 2.34. The van der Waals surface area contributed by atoms with E-state index in [9.17, 15) is 14.7 Å². The number of furan rings is 1. The molecular formula is C15H14N2O4. The highest BCUT2D eigenvalue weighted by molar-refractivity contribution is 6.09. The minimum absolute atomic E-state index is 0.0407. The highest BCUT2D eigenvalue weighted by Gasteiger charge is 2.25. The highest BCUT2D eigenvalue weighted by atomic mass is 16.3. The molecule has 0 atom stereocenters. The van der Waals surface area contributed by atoms with Crippen LogP contribution in [0.25, 0.3) is 0 Å². The van der Waals surface area contributed by atoms with E-state index in [0.717, 1.165) is 4.57 Å². The Balaban J connectivity index is 2.77. The molecule has 0 saturated heterocycles. The molecule has 2 aromatic heterocycles. The standard InChI is InChI=1S/C15H14N2O4/c1-3-6-17-14(19)10(8-16)9(2)12(15(17)20)13(18)11-5-4-7-21-11/h4-5,7,20H,3,6H2,1-2H3. The van der Waals surface area contributed by atoms with Crippen LogP contribution >= 0.6 is 0 Å². The van der Waals surface area contributed by atoms with Gasteiger partial charge < -0.3 is 9.52 Å². The Hall–Kier alpha value is -2.81. The number of rotatable bonds is 4. The van der Waals surface area contributed by atoms with Gasteiger partial charge in [0.1, 0.15) is 11.6 Å². The molecule has 2 heterocycles. The first kappa shape index (κ1) is 14.6. The number of ketones is 1. The molecule has 21 heavy (non-hydrogen) atoms. The van der Waals surface area contributed by atoms with Gasteiger partial charge in [-0.3, -0.25) is 14.2 Å². The maximum absolute atomic E-state index is 12.4. The number of hydrogen-bond acceptors (Lipinski definition) is 5. The van der Waals surface area contributed by atoms with Crippen LogP contribution in [-0.2, 0) is 6.54 Å². The third-order valence-electron chi connectivity index (χ3n) is 3.22. The Morgan fingerprint density at radius 2 is 2.24 bits per heavy atom. The van der Waals surface area contributed by atoms with E-state index in [1.165, 1.54) is 19.3 Å². The van der Waals surface area contributed by atoms with Crippen molar-refractivity contribution in [2.45, 2.75) is 26.8 Å². The molecule has 0 saturated carbocycles. The molecule has 0 spiro atoms. The second-order valence-electron chi connectivity index (χ2n) is 4.57. The minimum Gasteiger partial charge on any atom is -0.494 e. The molecule has 0 fully saturated rings. The average molecular weight is 286 g/mol. The Bertz CT molecular complexity index is 779. The summed E-state index contributed by atoms with van der Waals surface area (Å²) in [6, 6.07) is 4.81. The van der Waals surface area contributed by atoms with Crippen molar-refractivity contribution in [2.24, 2.45) is 0 Å². The number of carbonyl (C=O) groups excluding carboxylic acids is 1. The summed E-state index contributed by atoms with van der Waals surface area (Å²) >= 11 is 0. The second-order valence-corrected chi connectivity index (χ2v) is 4.57. The van der Waals surface area contributed by atoms with Gasteiger partial charge in [-0.15, -0.1) is 0 Å². The van der Waals surface area contributed by atoms with Crippen LogP contribution < -0.4 is 5.56 Å². The average Bonchev–Trinajstić information content (AvgIpc) is 2.98. The molecule has 1 N–H and O–H groups in total. The van der Waals surface area contributed by atoms with Crippen molar-refractivity contribution < 1.29 is 14.3 Å². The number of nitriles is 1. The summed E-state index contributed by atoms with van der Waals surface area (Å²) in [5, 5.41) is 19.4. The fourth-order valence-electron chi connectivity index (χ4n) is 2.18. The van der Waals surface area contributed by atoms with Crippen LogP contribution in [-0.4, -0.2) is 15.5 Å².